The number of piperidine rings is 1. The number of carbonyl (C=O) groups is 5. The van der Waals surface area contributed by atoms with Crippen LogP contribution in [-0.2, 0) is 29.0 Å². The van der Waals surface area contributed by atoms with Crippen molar-refractivity contribution in [3.63, 3.8) is 0 Å². The van der Waals surface area contributed by atoms with E-state index in [9.17, 15) is 32.4 Å². The van der Waals surface area contributed by atoms with Crippen molar-refractivity contribution in [2.75, 3.05) is 12.3 Å². The van der Waals surface area contributed by atoms with Gasteiger partial charge < -0.3 is 26.2 Å². The van der Waals surface area contributed by atoms with Gasteiger partial charge in [0.1, 0.15) is 12.1 Å². The average molecular weight is 748 g/mol. The third-order valence-electron chi connectivity index (χ3n) is 13.2. The number of rotatable bonds is 14. The summed E-state index contributed by atoms with van der Waals surface area (Å²) in [6.45, 7) is 13.6. The van der Waals surface area contributed by atoms with Crippen LogP contribution in [0.25, 0.3) is 0 Å². The molecule has 4 N–H and O–H groups in total. The molecule has 0 spiro atoms. The number of hydrogen-bond acceptors (Lipinski definition) is 7. The third kappa shape index (κ3) is 8.65. The molecule has 5 fully saturated rings. The highest BCUT2D eigenvalue weighted by Gasteiger charge is 2.70. The molecule has 5 aliphatic rings. The summed E-state index contributed by atoms with van der Waals surface area (Å²) in [6, 6.07) is -3.33. The van der Waals surface area contributed by atoms with Gasteiger partial charge in [0, 0.05) is 12.6 Å². The first kappa shape index (κ1) is 40.5. The minimum Gasteiger partial charge on any atom is -0.347 e. The van der Waals surface area contributed by atoms with Crippen molar-refractivity contribution in [3.05, 3.63) is 0 Å². The minimum atomic E-state index is -3.56. The maximum absolute atomic E-state index is 14.9. The number of carbonyl (C=O) groups excluding carboxylic acids is 5. The van der Waals surface area contributed by atoms with Crippen molar-refractivity contribution < 1.29 is 32.4 Å². The molecular weight excluding hydrogens is 683 g/mol. The molecule has 12 nitrogen and oxygen atoms in total. The molecule has 2 unspecified atom stereocenters. The lowest BCUT2D eigenvalue weighted by Crippen LogP contribution is -2.65. The Kier molecular flexibility index (Phi) is 11.8. The predicted molar refractivity (Wildman–Crippen MR) is 200 cm³/mol. The van der Waals surface area contributed by atoms with Crippen molar-refractivity contribution >= 4 is 39.4 Å². The number of ketones is 1. The first-order chi connectivity index (χ1) is 24.3. The summed E-state index contributed by atoms with van der Waals surface area (Å²) < 4.78 is 25.9. The lowest BCUT2D eigenvalue weighted by Gasteiger charge is -2.44. The van der Waals surface area contributed by atoms with Gasteiger partial charge in [0.2, 0.25) is 17.6 Å². The standard InChI is InChI=1S/C39H65N5O7S/c1-8-9-16-27(30(45)33(47)40-25-17-18-25)41-32(46)29-28-26(37(28,5)6)23-44(29)34(48)31(38(7)19-12-10-13-20-38)42-35(49)43-39(21-14-11-15-22-39)24-52(50,51)36(2,3)4/h25-29,31H,8-24H2,1-7H3,(H,40,47)(H,41,46)(H2,42,43,49)/t26?,27-,28?,29-,31+/m0/s1. The van der Waals surface area contributed by atoms with Crippen LogP contribution >= 0.6 is 0 Å². The molecule has 1 aliphatic heterocycles. The zero-order chi connectivity index (χ0) is 38.3. The van der Waals surface area contributed by atoms with Crippen molar-refractivity contribution in [3.8, 4) is 0 Å². The Morgan fingerprint density at radius 3 is 2.02 bits per heavy atom. The second kappa shape index (κ2) is 15.2. The number of hydrogen-bond donors (Lipinski definition) is 4. The van der Waals surface area contributed by atoms with Gasteiger partial charge in [-0.2, -0.15) is 0 Å². The normalized spacial score (nSPS) is 27.4. The average Bonchev–Trinajstić information content (AvgIpc) is 3.92. The van der Waals surface area contributed by atoms with Crippen molar-refractivity contribution in [1.29, 1.82) is 0 Å². The fourth-order valence-corrected chi connectivity index (χ4v) is 10.8. The van der Waals surface area contributed by atoms with Crippen LogP contribution in [0.2, 0.25) is 0 Å². The summed E-state index contributed by atoms with van der Waals surface area (Å²) in [5.41, 5.74) is -1.71. The van der Waals surface area contributed by atoms with Crippen LogP contribution in [-0.4, -0.2) is 89.6 Å². The van der Waals surface area contributed by atoms with Crippen LogP contribution in [0.5, 0.6) is 0 Å². The summed E-state index contributed by atoms with van der Waals surface area (Å²) in [4.78, 5) is 71.0. The molecule has 52 heavy (non-hydrogen) atoms. The Morgan fingerprint density at radius 1 is 0.865 bits per heavy atom. The molecule has 5 atom stereocenters. The topological polar surface area (TPSA) is 171 Å². The molecule has 1 saturated heterocycles. The number of nitrogens with zero attached hydrogens (tertiary/aromatic N) is 1. The Morgan fingerprint density at radius 2 is 1.46 bits per heavy atom. The van der Waals surface area contributed by atoms with Gasteiger partial charge in [-0.1, -0.05) is 79.1 Å². The van der Waals surface area contributed by atoms with E-state index in [1.807, 2.05) is 13.8 Å². The summed E-state index contributed by atoms with van der Waals surface area (Å²) in [6.07, 6.45) is 11.4. The van der Waals surface area contributed by atoms with Crippen LogP contribution in [0.15, 0.2) is 0 Å². The number of amides is 5. The smallest absolute Gasteiger partial charge is 0.315 e. The number of Topliss-reactive ketones (excluding diaryl/α,β-unsaturated/α-hetero) is 1. The number of fused-ring (bicyclic) bond motifs is 1. The van der Waals surface area contributed by atoms with E-state index in [2.05, 4.69) is 35.1 Å². The van der Waals surface area contributed by atoms with E-state index in [1.54, 1.807) is 25.7 Å². The fourth-order valence-electron chi connectivity index (χ4n) is 9.26. The fraction of sp³-hybridized carbons (Fsp3) is 0.872. The zero-order valence-electron chi connectivity index (χ0n) is 32.7. The molecule has 5 rings (SSSR count). The van der Waals surface area contributed by atoms with Crippen molar-refractivity contribution in [1.82, 2.24) is 26.2 Å². The Bertz CT molecular complexity index is 1490. The first-order valence-corrected chi connectivity index (χ1v) is 21.7. The number of sulfone groups is 1. The van der Waals surface area contributed by atoms with Crippen molar-refractivity contribution in [2.45, 2.75) is 179 Å². The van der Waals surface area contributed by atoms with Gasteiger partial charge in [-0.05, 0) is 88.4 Å². The van der Waals surface area contributed by atoms with E-state index < -0.39 is 67.3 Å². The van der Waals surface area contributed by atoms with E-state index >= 15 is 0 Å². The lowest BCUT2D eigenvalue weighted by molar-refractivity contribution is -0.146. The molecular formula is C39H65N5O7S. The van der Waals surface area contributed by atoms with Gasteiger partial charge in [-0.3, -0.25) is 19.2 Å². The molecule has 0 aromatic carbocycles. The molecule has 0 aromatic rings. The number of urea groups is 1. The number of nitrogens with one attached hydrogen (secondary N) is 4. The summed E-state index contributed by atoms with van der Waals surface area (Å²) in [5.74, 6) is -2.32. The first-order valence-electron chi connectivity index (χ1n) is 20.0. The summed E-state index contributed by atoms with van der Waals surface area (Å²) in [5, 5.41) is 11.8. The maximum atomic E-state index is 14.9. The highest BCUT2D eigenvalue weighted by Crippen LogP contribution is 2.65. The van der Waals surface area contributed by atoms with E-state index in [1.165, 1.54) is 0 Å². The van der Waals surface area contributed by atoms with Gasteiger partial charge in [-0.25, -0.2) is 13.2 Å². The summed E-state index contributed by atoms with van der Waals surface area (Å²) >= 11 is 0. The van der Waals surface area contributed by atoms with Crippen LogP contribution in [0.3, 0.4) is 0 Å². The highest BCUT2D eigenvalue weighted by molar-refractivity contribution is 7.92. The van der Waals surface area contributed by atoms with Gasteiger partial charge in [0.05, 0.1) is 22.1 Å². The van der Waals surface area contributed by atoms with E-state index in [-0.39, 0.29) is 35.0 Å². The molecule has 294 valence electrons. The van der Waals surface area contributed by atoms with Gasteiger partial charge in [0.15, 0.2) is 9.84 Å². The molecule has 0 aromatic heterocycles. The molecule has 0 radical (unpaired) electrons. The van der Waals surface area contributed by atoms with E-state index in [4.69, 9.17) is 0 Å². The van der Waals surface area contributed by atoms with Gasteiger partial charge in [-0.15, -0.1) is 0 Å². The third-order valence-corrected chi connectivity index (χ3v) is 16.0. The van der Waals surface area contributed by atoms with Crippen LogP contribution in [0.1, 0.15) is 145 Å². The number of likely N-dealkylation sites (tertiary alicyclic amines) is 1. The quantitative estimate of drug-likeness (QED) is 0.189. The Balaban J connectivity index is 1.39. The molecule has 4 aliphatic carbocycles. The lowest BCUT2D eigenvalue weighted by atomic mass is 9.70. The largest absolute Gasteiger partial charge is 0.347 e. The zero-order valence-corrected chi connectivity index (χ0v) is 33.5. The monoisotopic (exact) mass is 747 g/mol. The summed E-state index contributed by atoms with van der Waals surface area (Å²) in [7, 11) is -3.56. The molecule has 1 heterocycles. The van der Waals surface area contributed by atoms with E-state index in [0.29, 0.717) is 32.2 Å². The van der Waals surface area contributed by atoms with E-state index in [0.717, 1.165) is 70.6 Å². The molecule has 13 heteroatoms. The number of unbranched alkanes of at least 4 members (excludes halogenated alkanes) is 1. The SMILES string of the molecule is CCCC[C@H](NC(=O)[C@@H]1C2C(CN1C(=O)[C@@H](NC(=O)NC1(CS(=O)(=O)C(C)(C)C)CCCCC1)C1(C)CCCCC1)C2(C)C)C(=O)C(=O)NC1CC1. The second-order valence-corrected chi connectivity index (χ2v) is 21.4. The van der Waals surface area contributed by atoms with Gasteiger partial charge >= 0.3 is 6.03 Å². The van der Waals surface area contributed by atoms with Crippen molar-refractivity contribution in [2.24, 2.45) is 22.7 Å². The molecule has 4 saturated carbocycles. The molecule has 0 bridgehead atoms. The second-order valence-electron chi connectivity index (χ2n) is 18.7. The van der Waals surface area contributed by atoms with Gasteiger partial charge in [0.25, 0.3) is 5.91 Å². The van der Waals surface area contributed by atoms with Crippen LogP contribution in [0, 0.1) is 22.7 Å². The Labute approximate surface area is 311 Å². The maximum Gasteiger partial charge on any atom is 0.315 e. The Hall–Kier alpha value is -2.70. The van der Waals surface area contributed by atoms with Crippen LogP contribution < -0.4 is 21.3 Å². The molecule has 5 amide bonds. The highest BCUT2D eigenvalue weighted by atomic mass is 32.2. The van der Waals surface area contributed by atoms with Crippen LogP contribution in [0.4, 0.5) is 4.79 Å². The minimum absolute atomic E-state index is 0.00797. The predicted octanol–water partition coefficient (Wildman–Crippen LogP) is 4.55.